The summed E-state index contributed by atoms with van der Waals surface area (Å²) in [6, 6.07) is 19.5. The van der Waals surface area contributed by atoms with Gasteiger partial charge in [-0.1, -0.05) is 48.5 Å². The zero-order valence-electron chi connectivity index (χ0n) is 9.17. The SMILES string of the molecule is COC(Oc1ccccc1)c1ccccc1. The first-order chi connectivity index (χ1) is 7.90. The second-order valence-electron chi connectivity index (χ2n) is 3.41. The average Bonchev–Trinajstić information content (AvgIpc) is 2.38. The summed E-state index contributed by atoms with van der Waals surface area (Å²) in [5, 5.41) is 0. The van der Waals surface area contributed by atoms with Crippen molar-refractivity contribution in [1.29, 1.82) is 0 Å². The van der Waals surface area contributed by atoms with Gasteiger partial charge in [-0.15, -0.1) is 0 Å². The predicted molar refractivity (Wildman–Crippen MR) is 63.3 cm³/mol. The molecule has 0 fully saturated rings. The molecule has 0 N–H and O–H groups in total. The Kier molecular flexibility index (Phi) is 3.57. The quantitative estimate of drug-likeness (QED) is 0.726. The highest BCUT2D eigenvalue weighted by Crippen LogP contribution is 2.21. The molecule has 0 aliphatic rings. The van der Waals surface area contributed by atoms with Crippen molar-refractivity contribution in [1.82, 2.24) is 0 Å². The van der Waals surface area contributed by atoms with Crippen LogP contribution >= 0.6 is 0 Å². The van der Waals surface area contributed by atoms with E-state index in [0.717, 1.165) is 11.3 Å². The molecule has 0 heterocycles. The fourth-order valence-corrected chi connectivity index (χ4v) is 1.49. The minimum absolute atomic E-state index is 0.358. The van der Waals surface area contributed by atoms with Crippen molar-refractivity contribution < 1.29 is 9.47 Å². The standard InChI is InChI=1S/C14H14O2/c1-15-14(12-8-4-2-5-9-12)16-13-10-6-3-7-11-13/h2-11,14H,1H3. The summed E-state index contributed by atoms with van der Waals surface area (Å²) in [7, 11) is 1.64. The smallest absolute Gasteiger partial charge is 0.226 e. The van der Waals surface area contributed by atoms with Gasteiger partial charge in [0.1, 0.15) is 5.75 Å². The molecule has 2 rings (SSSR count). The van der Waals surface area contributed by atoms with Crippen LogP contribution in [-0.2, 0) is 4.74 Å². The summed E-state index contributed by atoms with van der Waals surface area (Å²) >= 11 is 0. The highest BCUT2D eigenvalue weighted by molar-refractivity contribution is 5.23. The van der Waals surface area contributed by atoms with Gasteiger partial charge >= 0.3 is 0 Å². The van der Waals surface area contributed by atoms with Crippen LogP contribution in [0, 0.1) is 0 Å². The van der Waals surface area contributed by atoms with E-state index in [4.69, 9.17) is 9.47 Å². The van der Waals surface area contributed by atoms with Crippen LogP contribution in [0.4, 0.5) is 0 Å². The first-order valence-corrected chi connectivity index (χ1v) is 5.19. The molecule has 16 heavy (non-hydrogen) atoms. The molecule has 0 radical (unpaired) electrons. The number of hydrogen-bond acceptors (Lipinski definition) is 2. The molecule has 1 unspecified atom stereocenters. The molecule has 0 aliphatic carbocycles. The molecule has 0 aliphatic heterocycles. The van der Waals surface area contributed by atoms with Crippen LogP contribution in [0.25, 0.3) is 0 Å². The van der Waals surface area contributed by atoms with Crippen LogP contribution < -0.4 is 4.74 Å². The van der Waals surface area contributed by atoms with Gasteiger partial charge in [0.25, 0.3) is 0 Å². The van der Waals surface area contributed by atoms with Gasteiger partial charge in [-0.3, -0.25) is 0 Å². The molecule has 82 valence electrons. The molecular formula is C14H14O2. The molecule has 2 heteroatoms. The molecule has 0 saturated carbocycles. The monoisotopic (exact) mass is 214 g/mol. The second-order valence-corrected chi connectivity index (χ2v) is 3.41. The Labute approximate surface area is 95.4 Å². The molecule has 2 nitrogen and oxygen atoms in total. The molecule has 1 atom stereocenters. The average molecular weight is 214 g/mol. The Morgan fingerprint density at radius 1 is 0.812 bits per heavy atom. The van der Waals surface area contributed by atoms with E-state index in [9.17, 15) is 0 Å². The molecule has 0 aromatic heterocycles. The van der Waals surface area contributed by atoms with Gasteiger partial charge in [0.2, 0.25) is 6.29 Å². The number of benzene rings is 2. The van der Waals surface area contributed by atoms with Crippen molar-refractivity contribution >= 4 is 0 Å². The largest absolute Gasteiger partial charge is 0.461 e. The Morgan fingerprint density at radius 2 is 1.38 bits per heavy atom. The van der Waals surface area contributed by atoms with Crippen molar-refractivity contribution in [2.45, 2.75) is 6.29 Å². The Hall–Kier alpha value is -1.80. The van der Waals surface area contributed by atoms with E-state index in [-0.39, 0.29) is 6.29 Å². The number of rotatable bonds is 4. The second kappa shape index (κ2) is 5.33. The number of hydrogen-bond donors (Lipinski definition) is 0. The lowest BCUT2D eigenvalue weighted by Crippen LogP contribution is -2.09. The van der Waals surface area contributed by atoms with Gasteiger partial charge < -0.3 is 9.47 Å². The molecule has 2 aromatic carbocycles. The lowest BCUT2D eigenvalue weighted by atomic mass is 10.2. The number of methoxy groups -OCH3 is 1. The molecular weight excluding hydrogens is 200 g/mol. The van der Waals surface area contributed by atoms with E-state index in [1.807, 2.05) is 60.7 Å². The van der Waals surface area contributed by atoms with Crippen LogP contribution in [0.3, 0.4) is 0 Å². The molecule has 2 aromatic rings. The molecule has 0 bridgehead atoms. The third-order valence-electron chi connectivity index (χ3n) is 2.27. The van der Waals surface area contributed by atoms with Gasteiger partial charge in [-0.2, -0.15) is 0 Å². The minimum Gasteiger partial charge on any atom is -0.461 e. The summed E-state index contributed by atoms with van der Waals surface area (Å²) < 4.78 is 11.0. The van der Waals surface area contributed by atoms with Crippen molar-refractivity contribution in [3.8, 4) is 5.75 Å². The zero-order chi connectivity index (χ0) is 11.2. The van der Waals surface area contributed by atoms with Crippen molar-refractivity contribution in [3.05, 3.63) is 66.2 Å². The van der Waals surface area contributed by atoms with E-state index in [0.29, 0.717) is 0 Å². The lowest BCUT2D eigenvalue weighted by Gasteiger charge is -2.17. The Bertz CT molecular complexity index is 411. The normalized spacial score (nSPS) is 12.1. The predicted octanol–water partition coefficient (Wildman–Crippen LogP) is 3.41. The van der Waals surface area contributed by atoms with Gasteiger partial charge in [-0.25, -0.2) is 0 Å². The van der Waals surface area contributed by atoms with E-state index in [1.165, 1.54) is 0 Å². The number of para-hydroxylation sites is 1. The Morgan fingerprint density at radius 3 is 1.94 bits per heavy atom. The van der Waals surface area contributed by atoms with Gasteiger partial charge in [0.15, 0.2) is 0 Å². The first-order valence-electron chi connectivity index (χ1n) is 5.19. The summed E-state index contributed by atoms with van der Waals surface area (Å²) in [6.45, 7) is 0. The minimum atomic E-state index is -0.358. The summed E-state index contributed by atoms with van der Waals surface area (Å²) in [5.74, 6) is 0.804. The third-order valence-corrected chi connectivity index (χ3v) is 2.27. The van der Waals surface area contributed by atoms with Crippen molar-refractivity contribution in [2.24, 2.45) is 0 Å². The van der Waals surface area contributed by atoms with Crippen LogP contribution in [-0.4, -0.2) is 7.11 Å². The summed E-state index contributed by atoms with van der Waals surface area (Å²) in [5.41, 5.74) is 1.01. The molecule has 0 spiro atoms. The van der Waals surface area contributed by atoms with E-state index < -0.39 is 0 Å². The first kappa shape index (κ1) is 10.7. The van der Waals surface area contributed by atoms with Gasteiger partial charge in [0, 0.05) is 12.7 Å². The summed E-state index contributed by atoms with van der Waals surface area (Å²) in [4.78, 5) is 0. The Balaban J connectivity index is 2.13. The van der Waals surface area contributed by atoms with E-state index in [2.05, 4.69) is 0 Å². The van der Waals surface area contributed by atoms with E-state index >= 15 is 0 Å². The highest BCUT2D eigenvalue weighted by Gasteiger charge is 2.10. The molecule has 0 amide bonds. The fraction of sp³-hybridized carbons (Fsp3) is 0.143. The van der Waals surface area contributed by atoms with Crippen molar-refractivity contribution in [3.63, 3.8) is 0 Å². The highest BCUT2D eigenvalue weighted by atomic mass is 16.7. The fourth-order valence-electron chi connectivity index (χ4n) is 1.49. The molecule has 0 saturated heterocycles. The van der Waals surface area contributed by atoms with Crippen LogP contribution in [0.2, 0.25) is 0 Å². The maximum absolute atomic E-state index is 5.73. The summed E-state index contributed by atoms with van der Waals surface area (Å²) in [6.07, 6.45) is -0.358. The van der Waals surface area contributed by atoms with Crippen LogP contribution in [0.1, 0.15) is 11.9 Å². The third kappa shape index (κ3) is 2.61. The lowest BCUT2D eigenvalue weighted by molar-refractivity contribution is -0.0562. The maximum Gasteiger partial charge on any atom is 0.226 e. The zero-order valence-corrected chi connectivity index (χ0v) is 9.17. The van der Waals surface area contributed by atoms with Crippen molar-refractivity contribution in [2.75, 3.05) is 7.11 Å². The topological polar surface area (TPSA) is 18.5 Å². The van der Waals surface area contributed by atoms with Crippen LogP contribution in [0.5, 0.6) is 5.75 Å². The van der Waals surface area contributed by atoms with Crippen LogP contribution in [0.15, 0.2) is 60.7 Å². The number of ether oxygens (including phenoxy) is 2. The van der Waals surface area contributed by atoms with E-state index in [1.54, 1.807) is 7.11 Å². The van der Waals surface area contributed by atoms with Gasteiger partial charge in [-0.05, 0) is 12.1 Å². The maximum atomic E-state index is 5.73. The van der Waals surface area contributed by atoms with Gasteiger partial charge in [0.05, 0.1) is 0 Å².